The molecule has 4 nitrogen and oxygen atoms in total. The van der Waals surface area contributed by atoms with Crippen molar-refractivity contribution in [1.82, 2.24) is 0 Å². The van der Waals surface area contributed by atoms with Gasteiger partial charge in [0, 0.05) is 0 Å². The summed E-state index contributed by atoms with van der Waals surface area (Å²) in [6.07, 6.45) is 3.69. The van der Waals surface area contributed by atoms with Gasteiger partial charge in [-0.05, 0) is 11.1 Å². The molecule has 0 aliphatic rings. The molecule has 1 atom stereocenters. The molecular weight excluding hydrogens is 262 g/mol. The third-order valence-electron chi connectivity index (χ3n) is 2.94. The number of guanidine groups is 1. The van der Waals surface area contributed by atoms with E-state index in [0.717, 1.165) is 11.1 Å². The third-order valence-corrected chi connectivity index (χ3v) is 2.94. The van der Waals surface area contributed by atoms with Crippen LogP contribution in [-0.2, 0) is 4.79 Å². The van der Waals surface area contributed by atoms with Gasteiger partial charge in [0.2, 0.25) is 0 Å². The van der Waals surface area contributed by atoms with Gasteiger partial charge < -0.3 is 11.5 Å². The molecule has 1 unspecified atom stereocenters. The second-order valence-electron chi connectivity index (χ2n) is 4.53. The Hall–Kier alpha value is -2.88. The molecule has 0 aromatic heterocycles. The van der Waals surface area contributed by atoms with Gasteiger partial charge in [0.1, 0.15) is 0 Å². The molecule has 0 saturated carbocycles. The molecule has 2 rings (SSSR count). The monoisotopic (exact) mass is 279 g/mol. The van der Waals surface area contributed by atoms with Crippen LogP contribution in [0.15, 0.2) is 71.7 Å². The van der Waals surface area contributed by atoms with Gasteiger partial charge in [-0.2, -0.15) is 4.99 Å². The molecule has 106 valence electrons. The molecule has 0 aliphatic carbocycles. The molecular formula is C17H17N3O. The van der Waals surface area contributed by atoms with Crippen molar-refractivity contribution in [2.45, 2.75) is 5.92 Å². The highest BCUT2D eigenvalue weighted by Gasteiger charge is 2.17. The van der Waals surface area contributed by atoms with E-state index >= 15 is 0 Å². The lowest BCUT2D eigenvalue weighted by molar-refractivity contribution is -0.118. The van der Waals surface area contributed by atoms with Crippen molar-refractivity contribution >= 4 is 17.9 Å². The SMILES string of the molecule is NC(N)=NC(=O)C(/C=C/c1ccccc1)c1ccccc1. The highest BCUT2D eigenvalue weighted by Crippen LogP contribution is 2.20. The van der Waals surface area contributed by atoms with Gasteiger partial charge in [-0.25, -0.2) is 0 Å². The molecule has 21 heavy (non-hydrogen) atoms. The van der Waals surface area contributed by atoms with E-state index in [9.17, 15) is 4.79 Å². The average molecular weight is 279 g/mol. The van der Waals surface area contributed by atoms with Crippen LogP contribution in [0.4, 0.5) is 0 Å². The highest BCUT2D eigenvalue weighted by molar-refractivity contribution is 5.96. The van der Waals surface area contributed by atoms with Crippen molar-refractivity contribution in [2.75, 3.05) is 0 Å². The van der Waals surface area contributed by atoms with Crippen molar-refractivity contribution in [3.63, 3.8) is 0 Å². The first-order valence-corrected chi connectivity index (χ1v) is 6.58. The quantitative estimate of drug-likeness (QED) is 0.665. The highest BCUT2D eigenvalue weighted by atomic mass is 16.1. The Kier molecular flexibility index (Phi) is 4.88. The Morgan fingerprint density at radius 1 is 0.952 bits per heavy atom. The van der Waals surface area contributed by atoms with E-state index in [1.807, 2.05) is 66.7 Å². The van der Waals surface area contributed by atoms with Gasteiger partial charge in [0.25, 0.3) is 5.91 Å². The lowest BCUT2D eigenvalue weighted by atomic mass is 9.97. The smallest absolute Gasteiger partial charge is 0.260 e. The number of nitrogens with two attached hydrogens (primary N) is 2. The summed E-state index contributed by atoms with van der Waals surface area (Å²) in [5.74, 6) is -1.11. The van der Waals surface area contributed by atoms with Crippen LogP contribution < -0.4 is 11.5 Å². The van der Waals surface area contributed by atoms with E-state index in [-0.39, 0.29) is 11.9 Å². The number of benzene rings is 2. The zero-order valence-electron chi connectivity index (χ0n) is 11.5. The number of amides is 1. The van der Waals surface area contributed by atoms with Gasteiger partial charge >= 0.3 is 0 Å². The number of carbonyl (C=O) groups excluding carboxylic acids is 1. The van der Waals surface area contributed by atoms with Gasteiger partial charge in [0.05, 0.1) is 5.92 Å². The summed E-state index contributed by atoms with van der Waals surface area (Å²) in [5.41, 5.74) is 12.5. The Morgan fingerprint density at radius 2 is 1.52 bits per heavy atom. The predicted molar refractivity (Wildman–Crippen MR) is 85.5 cm³/mol. The van der Waals surface area contributed by atoms with Crippen LogP contribution >= 0.6 is 0 Å². The largest absolute Gasteiger partial charge is 0.370 e. The molecule has 1 amide bonds. The number of carbonyl (C=O) groups is 1. The molecule has 4 N–H and O–H groups in total. The Morgan fingerprint density at radius 3 is 2.10 bits per heavy atom. The van der Waals surface area contributed by atoms with Crippen LogP contribution in [0.1, 0.15) is 17.0 Å². The topological polar surface area (TPSA) is 81.5 Å². The lowest BCUT2D eigenvalue weighted by Crippen LogP contribution is -2.25. The summed E-state index contributed by atoms with van der Waals surface area (Å²) in [6.45, 7) is 0. The van der Waals surface area contributed by atoms with Crippen molar-refractivity contribution in [2.24, 2.45) is 16.5 Å². The van der Waals surface area contributed by atoms with Gasteiger partial charge in [0.15, 0.2) is 5.96 Å². The lowest BCUT2D eigenvalue weighted by Gasteiger charge is -2.09. The van der Waals surface area contributed by atoms with Crippen LogP contribution in [0.3, 0.4) is 0 Å². The number of hydrogen-bond acceptors (Lipinski definition) is 1. The Bertz CT molecular complexity index is 644. The van der Waals surface area contributed by atoms with E-state index < -0.39 is 5.92 Å². The summed E-state index contributed by atoms with van der Waals surface area (Å²) >= 11 is 0. The maximum absolute atomic E-state index is 12.2. The Labute approximate surface area is 123 Å². The fourth-order valence-corrected chi connectivity index (χ4v) is 1.96. The zero-order valence-corrected chi connectivity index (χ0v) is 11.5. The van der Waals surface area contributed by atoms with E-state index in [0.29, 0.717) is 0 Å². The first-order chi connectivity index (χ1) is 10.2. The van der Waals surface area contributed by atoms with Crippen molar-refractivity contribution in [3.05, 3.63) is 77.9 Å². The first kappa shape index (κ1) is 14.5. The zero-order chi connectivity index (χ0) is 15.1. The maximum Gasteiger partial charge on any atom is 0.260 e. The summed E-state index contributed by atoms with van der Waals surface area (Å²) in [7, 11) is 0. The first-order valence-electron chi connectivity index (χ1n) is 6.58. The van der Waals surface area contributed by atoms with E-state index in [4.69, 9.17) is 11.5 Å². The second-order valence-corrected chi connectivity index (χ2v) is 4.53. The van der Waals surface area contributed by atoms with Gasteiger partial charge in [-0.1, -0.05) is 72.8 Å². The molecule has 4 heteroatoms. The number of rotatable bonds is 4. The van der Waals surface area contributed by atoms with E-state index in [1.54, 1.807) is 6.08 Å². The van der Waals surface area contributed by atoms with Crippen LogP contribution in [0, 0.1) is 0 Å². The average Bonchev–Trinajstić information content (AvgIpc) is 2.49. The molecule has 2 aromatic rings. The molecule has 0 saturated heterocycles. The summed E-state index contributed by atoms with van der Waals surface area (Å²) < 4.78 is 0. The van der Waals surface area contributed by atoms with Crippen LogP contribution in [0.5, 0.6) is 0 Å². The summed E-state index contributed by atoms with van der Waals surface area (Å²) in [4.78, 5) is 15.8. The Balaban J connectivity index is 2.31. The van der Waals surface area contributed by atoms with Crippen LogP contribution in [-0.4, -0.2) is 11.9 Å². The van der Waals surface area contributed by atoms with Crippen molar-refractivity contribution in [3.8, 4) is 0 Å². The minimum absolute atomic E-state index is 0.228. The second kappa shape index (κ2) is 7.05. The molecule has 0 fully saturated rings. The molecule has 0 bridgehead atoms. The van der Waals surface area contributed by atoms with E-state index in [2.05, 4.69) is 4.99 Å². The van der Waals surface area contributed by atoms with Gasteiger partial charge in [-0.15, -0.1) is 0 Å². The predicted octanol–water partition coefficient (Wildman–Crippen LogP) is 2.28. The minimum atomic E-state index is -0.506. The standard InChI is InChI=1S/C17H17N3O/c18-17(19)20-16(21)15(14-9-5-2-6-10-14)12-11-13-7-3-1-4-8-13/h1-12,15H,(H4,18,19,20,21)/b12-11+. The molecule has 0 heterocycles. The number of nitrogens with zero attached hydrogens (tertiary/aromatic N) is 1. The number of aliphatic imine (C=N–C) groups is 1. The van der Waals surface area contributed by atoms with E-state index in [1.165, 1.54) is 0 Å². The minimum Gasteiger partial charge on any atom is -0.370 e. The number of hydrogen-bond donors (Lipinski definition) is 2. The van der Waals surface area contributed by atoms with Crippen molar-refractivity contribution in [1.29, 1.82) is 0 Å². The fourth-order valence-electron chi connectivity index (χ4n) is 1.96. The fraction of sp³-hybridized carbons (Fsp3) is 0.0588. The van der Waals surface area contributed by atoms with Crippen molar-refractivity contribution < 1.29 is 4.79 Å². The normalized spacial score (nSPS) is 12.0. The van der Waals surface area contributed by atoms with Crippen LogP contribution in [0.25, 0.3) is 6.08 Å². The third kappa shape index (κ3) is 4.31. The summed E-state index contributed by atoms with van der Waals surface area (Å²) in [6, 6.07) is 19.1. The molecule has 2 aromatic carbocycles. The van der Waals surface area contributed by atoms with Crippen LogP contribution in [0.2, 0.25) is 0 Å². The maximum atomic E-state index is 12.2. The summed E-state index contributed by atoms with van der Waals surface area (Å²) in [5, 5.41) is 0. The molecule has 0 spiro atoms. The molecule has 0 radical (unpaired) electrons. The molecule has 0 aliphatic heterocycles. The van der Waals surface area contributed by atoms with Gasteiger partial charge in [-0.3, -0.25) is 4.79 Å².